The van der Waals surface area contributed by atoms with E-state index in [1.54, 1.807) is 30.3 Å². The zero-order chi connectivity index (χ0) is 21.6. The number of amides is 1. The Bertz CT molecular complexity index is 1110. The molecule has 0 bridgehead atoms. The molecule has 2 N–H and O–H groups in total. The lowest BCUT2D eigenvalue weighted by molar-refractivity contribution is -0.121. The third-order valence-corrected chi connectivity index (χ3v) is 5.81. The molecule has 0 aliphatic carbocycles. The topological polar surface area (TPSA) is 101 Å². The Kier molecular flexibility index (Phi) is 6.96. The summed E-state index contributed by atoms with van der Waals surface area (Å²) in [7, 11) is -3.61. The van der Waals surface area contributed by atoms with Crippen LogP contribution in [0.1, 0.15) is 17.9 Å². The molecular weight excluding hydrogens is 409 g/mol. The molecule has 0 saturated carbocycles. The number of aryl methyl sites for hydroxylation is 2. The van der Waals surface area contributed by atoms with Crippen LogP contribution in [-0.2, 0) is 21.2 Å². The van der Waals surface area contributed by atoms with E-state index in [4.69, 9.17) is 4.42 Å². The summed E-state index contributed by atoms with van der Waals surface area (Å²) < 4.78 is 46.1. The van der Waals surface area contributed by atoms with Gasteiger partial charge in [-0.05, 0) is 31.2 Å². The molecule has 3 aromatic rings. The zero-order valence-electron chi connectivity index (χ0n) is 16.4. The number of benzene rings is 2. The number of rotatable bonds is 9. The normalized spacial score (nSPS) is 11.4. The van der Waals surface area contributed by atoms with Gasteiger partial charge in [0.1, 0.15) is 5.82 Å². The van der Waals surface area contributed by atoms with E-state index in [1.807, 2.05) is 6.92 Å². The Morgan fingerprint density at radius 3 is 2.57 bits per heavy atom. The van der Waals surface area contributed by atoms with Crippen molar-refractivity contribution >= 4 is 15.9 Å². The van der Waals surface area contributed by atoms with Gasteiger partial charge in [0.25, 0.3) is 0 Å². The molecule has 30 heavy (non-hydrogen) atoms. The molecule has 0 spiro atoms. The van der Waals surface area contributed by atoms with Crippen molar-refractivity contribution in [1.29, 1.82) is 0 Å². The minimum Gasteiger partial charge on any atom is -0.441 e. The number of hydrogen-bond acceptors (Lipinski definition) is 5. The van der Waals surface area contributed by atoms with Gasteiger partial charge < -0.3 is 9.73 Å². The van der Waals surface area contributed by atoms with Gasteiger partial charge in [-0.25, -0.2) is 22.5 Å². The Morgan fingerprint density at radius 2 is 1.83 bits per heavy atom. The standard InChI is InChI=1S/C21H22FN3O4S/c1-15-6-8-16(9-7-15)30(27,28)25-13-12-23-20(26)10-11-21-24-14-19(29-21)17-4-2-3-5-18(17)22/h2-9,14,25H,10-13H2,1H3,(H,23,26). The van der Waals surface area contributed by atoms with Gasteiger partial charge in [0.15, 0.2) is 11.7 Å². The molecule has 0 radical (unpaired) electrons. The van der Waals surface area contributed by atoms with Gasteiger partial charge in [-0.2, -0.15) is 0 Å². The van der Waals surface area contributed by atoms with Crippen molar-refractivity contribution < 1.29 is 22.0 Å². The monoisotopic (exact) mass is 431 g/mol. The summed E-state index contributed by atoms with van der Waals surface area (Å²) in [4.78, 5) is 16.2. The van der Waals surface area contributed by atoms with Crippen LogP contribution >= 0.6 is 0 Å². The molecule has 1 aromatic heterocycles. The fourth-order valence-corrected chi connectivity index (χ4v) is 3.74. The molecule has 3 rings (SSSR count). The van der Waals surface area contributed by atoms with Crippen LogP contribution in [0.5, 0.6) is 0 Å². The zero-order valence-corrected chi connectivity index (χ0v) is 17.2. The summed E-state index contributed by atoms with van der Waals surface area (Å²) >= 11 is 0. The highest BCUT2D eigenvalue weighted by Crippen LogP contribution is 2.23. The van der Waals surface area contributed by atoms with E-state index in [-0.39, 0.29) is 36.7 Å². The molecule has 2 aromatic carbocycles. The molecule has 7 nitrogen and oxygen atoms in total. The third-order valence-electron chi connectivity index (χ3n) is 4.33. The van der Waals surface area contributed by atoms with Gasteiger partial charge in [-0.3, -0.25) is 4.79 Å². The molecular formula is C21H22FN3O4S. The predicted octanol–water partition coefficient (Wildman–Crippen LogP) is 2.82. The van der Waals surface area contributed by atoms with Gasteiger partial charge in [0.05, 0.1) is 16.7 Å². The molecule has 0 atom stereocenters. The highest BCUT2D eigenvalue weighted by Gasteiger charge is 2.14. The van der Waals surface area contributed by atoms with E-state index in [9.17, 15) is 17.6 Å². The number of carbonyl (C=O) groups is 1. The van der Waals surface area contributed by atoms with Crippen molar-refractivity contribution in [3.63, 3.8) is 0 Å². The van der Waals surface area contributed by atoms with Crippen molar-refractivity contribution in [2.24, 2.45) is 0 Å². The Hall–Kier alpha value is -3.04. The van der Waals surface area contributed by atoms with E-state index < -0.39 is 15.8 Å². The lowest BCUT2D eigenvalue weighted by Gasteiger charge is -2.08. The summed E-state index contributed by atoms with van der Waals surface area (Å²) in [6.07, 6.45) is 1.78. The second kappa shape index (κ2) is 9.64. The third kappa shape index (κ3) is 5.74. The Balaban J connectivity index is 1.41. The fourth-order valence-electron chi connectivity index (χ4n) is 2.71. The lowest BCUT2D eigenvalue weighted by Crippen LogP contribution is -2.34. The van der Waals surface area contributed by atoms with Crippen LogP contribution in [0.4, 0.5) is 4.39 Å². The summed E-state index contributed by atoms with van der Waals surface area (Å²) in [5, 5.41) is 2.64. The molecule has 0 aliphatic rings. The van der Waals surface area contributed by atoms with E-state index in [2.05, 4.69) is 15.0 Å². The maximum atomic E-state index is 13.8. The average molecular weight is 431 g/mol. The van der Waals surface area contributed by atoms with Crippen molar-refractivity contribution in [3.8, 4) is 11.3 Å². The average Bonchev–Trinajstić information content (AvgIpc) is 3.19. The predicted molar refractivity (Wildman–Crippen MR) is 110 cm³/mol. The van der Waals surface area contributed by atoms with E-state index in [1.165, 1.54) is 24.4 Å². The first-order chi connectivity index (χ1) is 14.3. The van der Waals surface area contributed by atoms with Crippen LogP contribution in [0.25, 0.3) is 11.3 Å². The largest absolute Gasteiger partial charge is 0.441 e. The van der Waals surface area contributed by atoms with Crippen molar-refractivity contribution in [2.75, 3.05) is 13.1 Å². The Labute approximate surface area is 174 Å². The molecule has 0 unspecified atom stereocenters. The first-order valence-corrected chi connectivity index (χ1v) is 10.9. The van der Waals surface area contributed by atoms with Crippen LogP contribution in [0.15, 0.2) is 64.0 Å². The van der Waals surface area contributed by atoms with Gasteiger partial charge in [0, 0.05) is 25.9 Å². The Morgan fingerprint density at radius 1 is 1.10 bits per heavy atom. The first-order valence-electron chi connectivity index (χ1n) is 9.38. The molecule has 0 fully saturated rings. The quantitative estimate of drug-likeness (QED) is 0.508. The molecule has 1 heterocycles. The van der Waals surface area contributed by atoms with Crippen LogP contribution in [0, 0.1) is 12.7 Å². The number of nitrogens with one attached hydrogen (secondary N) is 2. The number of sulfonamides is 1. The van der Waals surface area contributed by atoms with E-state index >= 15 is 0 Å². The van der Waals surface area contributed by atoms with Crippen LogP contribution in [-0.4, -0.2) is 32.4 Å². The summed E-state index contributed by atoms with van der Waals surface area (Å²) in [6, 6.07) is 12.7. The van der Waals surface area contributed by atoms with Crippen LogP contribution in [0.2, 0.25) is 0 Å². The van der Waals surface area contributed by atoms with Gasteiger partial charge in [-0.15, -0.1) is 0 Å². The van der Waals surface area contributed by atoms with Crippen LogP contribution in [0.3, 0.4) is 0 Å². The molecule has 158 valence electrons. The highest BCUT2D eigenvalue weighted by atomic mass is 32.2. The summed E-state index contributed by atoms with van der Waals surface area (Å²) in [5.74, 6) is -0.0568. The first kappa shape index (κ1) is 21.7. The smallest absolute Gasteiger partial charge is 0.240 e. The van der Waals surface area contributed by atoms with Crippen molar-refractivity contribution in [3.05, 3.63) is 72.0 Å². The maximum Gasteiger partial charge on any atom is 0.240 e. The molecule has 9 heteroatoms. The number of nitrogens with zero attached hydrogens (tertiary/aromatic N) is 1. The highest BCUT2D eigenvalue weighted by molar-refractivity contribution is 7.89. The van der Waals surface area contributed by atoms with E-state index in [0.717, 1.165) is 5.56 Å². The minimum absolute atomic E-state index is 0.0678. The molecule has 0 saturated heterocycles. The SMILES string of the molecule is Cc1ccc(S(=O)(=O)NCCNC(=O)CCc2ncc(-c3ccccc3F)o2)cc1. The minimum atomic E-state index is -3.61. The van der Waals surface area contributed by atoms with E-state index in [0.29, 0.717) is 17.2 Å². The molecule has 0 aliphatic heterocycles. The van der Waals surface area contributed by atoms with Gasteiger partial charge in [-0.1, -0.05) is 29.8 Å². The number of aromatic nitrogens is 1. The maximum absolute atomic E-state index is 13.8. The fraction of sp³-hybridized carbons (Fsp3) is 0.238. The summed E-state index contributed by atoms with van der Waals surface area (Å²) in [6.45, 7) is 2.09. The van der Waals surface area contributed by atoms with Gasteiger partial charge in [0.2, 0.25) is 15.9 Å². The second-order valence-corrected chi connectivity index (χ2v) is 8.43. The lowest BCUT2D eigenvalue weighted by atomic mass is 10.2. The number of oxazole rings is 1. The van der Waals surface area contributed by atoms with Crippen molar-refractivity contribution in [1.82, 2.24) is 15.0 Å². The van der Waals surface area contributed by atoms with Crippen LogP contribution < -0.4 is 10.0 Å². The molecule has 1 amide bonds. The second-order valence-electron chi connectivity index (χ2n) is 6.66. The number of carbonyl (C=O) groups excluding carboxylic acids is 1. The number of hydrogen-bond donors (Lipinski definition) is 2. The van der Waals surface area contributed by atoms with Gasteiger partial charge >= 0.3 is 0 Å². The van der Waals surface area contributed by atoms with Crippen molar-refractivity contribution in [2.45, 2.75) is 24.7 Å². The number of halogens is 1. The summed E-state index contributed by atoms with van der Waals surface area (Å²) in [5.41, 5.74) is 1.27.